The molecule has 0 unspecified atom stereocenters. The predicted octanol–water partition coefficient (Wildman–Crippen LogP) is 3.95. The fraction of sp³-hybridized carbons (Fsp3) is 0.581. The fourth-order valence-corrected chi connectivity index (χ4v) is 7.79. The number of nitrogens with zero attached hydrogens (tertiary/aromatic N) is 5. The predicted molar refractivity (Wildman–Crippen MR) is 166 cm³/mol. The first-order valence-electron chi connectivity index (χ1n) is 15.6. The Morgan fingerprint density at radius 3 is 2.49 bits per heavy atom. The van der Waals surface area contributed by atoms with Gasteiger partial charge >= 0.3 is 0 Å². The maximum absolute atomic E-state index is 15.8. The molecule has 0 amide bonds. The number of halogens is 3. The van der Waals surface area contributed by atoms with Crippen LogP contribution in [-0.4, -0.2) is 85.3 Å². The molecule has 2 fully saturated rings. The lowest BCUT2D eigenvalue weighted by atomic mass is 9.89. The average Bonchev–Trinajstić information content (AvgIpc) is 3.01. The lowest BCUT2D eigenvalue weighted by molar-refractivity contribution is -0.0252. The van der Waals surface area contributed by atoms with E-state index in [1.54, 1.807) is 17.9 Å². The molecule has 14 heteroatoms. The minimum absolute atomic E-state index is 0.0707. The summed E-state index contributed by atoms with van der Waals surface area (Å²) < 4.78 is 78.4. The summed E-state index contributed by atoms with van der Waals surface area (Å²) in [6, 6.07) is 4.96. The fourth-order valence-electron chi connectivity index (χ4n) is 6.59. The molecule has 2 saturated heterocycles. The molecule has 0 spiro atoms. The molecule has 1 N–H and O–H groups in total. The molecule has 45 heavy (non-hydrogen) atoms. The van der Waals surface area contributed by atoms with E-state index >= 15 is 13.2 Å². The van der Waals surface area contributed by atoms with Gasteiger partial charge in [-0.1, -0.05) is 18.2 Å². The molecular formula is C31H39F3N6O4S. The van der Waals surface area contributed by atoms with Crippen LogP contribution in [0.4, 0.5) is 24.7 Å². The molecule has 3 aromatic rings. The van der Waals surface area contributed by atoms with Crippen molar-refractivity contribution in [2.24, 2.45) is 5.92 Å². The van der Waals surface area contributed by atoms with Crippen molar-refractivity contribution in [2.45, 2.75) is 51.1 Å². The third-order valence-electron chi connectivity index (χ3n) is 9.38. The van der Waals surface area contributed by atoms with Crippen LogP contribution >= 0.6 is 0 Å². The molecule has 0 aliphatic carbocycles. The summed E-state index contributed by atoms with van der Waals surface area (Å²) in [4.78, 5) is 26.6. The number of nitrogens with one attached hydrogen (secondary N) is 1. The Bertz CT molecular complexity index is 1700. The molecule has 4 aliphatic rings. The van der Waals surface area contributed by atoms with Crippen molar-refractivity contribution in [1.82, 2.24) is 19.4 Å². The van der Waals surface area contributed by atoms with E-state index in [9.17, 15) is 13.2 Å². The van der Waals surface area contributed by atoms with Crippen molar-refractivity contribution in [2.75, 3.05) is 67.7 Å². The summed E-state index contributed by atoms with van der Waals surface area (Å²) in [6.07, 6.45) is 2.79. The van der Waals surface area contributed by atoms with Gasteiger partial charge in [0.2, 0.25) is 0 Å². The van der Waals surface area contributed by atoms with Gasteiger partial charge in [-0.15, -0.1) is 0 Å². The SMILES string of the molecule is C[C@H]1Nc2ncnc3c2cc(N2CCS(=O)(=O)CC2)c(=O)n3CCOCCN2CCC(CC2)CCC(F)(F)c2cccc1c2F. The van der Waals surface area contributed by atoms with E-state index in [0.29, 0.717) is 42.1 Å². The Balaban J connectivity index is 1.41. The van der Waals surface area contributed by atoms with Crippen molar-refractivity contribution >= 4 is 32.4 Å². The van der Waals surface area contributed by atoms with E-state index in [1.807, 2.05) is 0 Å². The highest BCUT2D eigenvalue weighted by Crippen LogP contribution is 2.39. The van der Waals surface area contributed by atoms with Crippen LogP contribution in [0.15, 0.2) is 35.4 Å². The topological polar surface area (TPSA) is 110 Å². The summed E-state index contributed by atoms with van der Waals surface area (Å²) in [5, 5.41) is 3.63. The van der Waals surface area contributed by atoms with Crippen LogP contribution in [0.3, 0.4) is 0 Å². The zero-order chi connectivity index (χ0) is 31.8. The van der Waals surface area contributed by atoms with Gasteiger partial charge < -0.3 is 19.9 Å². The number of alkyl halides is 2. The summed E-state index contributed by atoms with van der Waals surface area (Å²) >= 11 is 0. The molecule has 7 rings (SSSR count). The van der Waals surface area contributed by atoms with Crippen LogP contribution in [0.1, 0.15) is 49.8 Å². The van der Waals surface area contributed by atoms with Gasteiger partial charge in [0, 0.05) is 31.6 Å². The number of hydrogen-bond acceptors (Lipinski definition) is 9. The zero-order valence-corrected chi connectivity index (χ0v) is 26.2. The Labute approximate surface area is 260 Å². The minimum Gasteiger partial charge on any atom is -0.378 e. The summed E-state index contributed by atoms with van der Waals surface area (Å²) in [5.41, 5.74) is -0.240. The number of fused-ring (bicyclic) bond motifs is 9. The molecular weight excluding hydrogens is 609 g/mol. The highest BCUT2D eigenvalue weighted by molar-refractivity contribution is 7.91. The van der Waals surface area contributed by atoms with Crippen LogP contribution in [0, 0.1) is 11.7 Å². The highest BCUT2D eigenvalue weighted by Gasteiger charge is 2.37. The van der Waals surface area contributed by atoms with Crippen LogP contribution in [0.5, 0.6) is 0 Å². The number of hydrogen-bond donors (Lipinski definition) is 1. The lowest BCUT2D eigenvalue weighted by Crippen LogP contribution is -2.43. The van der Waals surface area contributed by atoms with E-state index in [-0.39, 0.29) is 54.8 Å². The Kier molecular flexibility index (Phi) is 9.08. The number of pyridine rings is 1. The van der Waals surface area contributed by atoms with Crippen LogP contribution in [0.25, 0.3) is 11.0 Å². The van der Waals surface area contributed by atoms with Crippen molar-refractivity contribution < 1.29 is 26.3 Å². The van der Waals surface area contributed by atoms with Crippen LogP contribution in [0.2, 0.25) is 0 Å². The molecule has 244 valence electrons. The van der Waals surface area contributed by atoms with Gasteiger partial charge in [0.05, 0.1) is 48.3 Å². The number of piperidine rings is 1. The Morgan fingerprint density at radius 1 is 1.00 bits per heavy atom. The van der Waals surface area contributed by atoms with Gasteiger partial charge in [0.15, 0.2) is 9.84 Å². The normalized spacial score (nSPS) is 25.9. The standard InChI is InChI=1S/C31H39F3N6O4S/c1-21-23-3-2-4-25(27(23)32)31(33,34)8-5-22-6-9-38(10-7-22)11-15-44-16-12-40-29-24(28(37-21)35-20-36-29)19-26(30(40)41)39-13-17-45(42,43)18-14-39/h2-4,19-22H,5-18H2,1H3,(H,35,36,37)/t21-/m1/s1. The van der Waals surface area contributed by atoms with Crippen LogP contribution < -0.4 is 15.8 Å². The molecule has 1 atom stereocenters. The third kappa shape index (κ3) is 6.82. The second-order valence-electron chi connectivity index (χ2n) is 12.3. The van der Waals surface area contributed by atoms with Gasteiger partial charge in [-0.05, 0) is 51.3 Å². The quantitative estimate of drug-likeness (QED) is 0.420. The maximum atomic E-state index is 15.8. The number of sulfone groups is 1. The van der Waals surface area contributed by atoms with Crippen molar-refractivity contribution in [3.63, 3.8) is 0 Å². The summed E-state index contributed by atoms with van der Waals surface area (Å²) in [6.45, 7) is 5.14. The monoisotopic (exact) mass is 648 g/mol. The molecule has 0 saturated carbocycles. The number of aromatic nitrogens is 3. The van der Waals surface area contributed by atoms with Gasteiger partial charge in [-0.3, -0.25) is 9.36 Å². The number of ether oxygens (including phenoxy) is 1. The first kappa shape index (κ1) is 31.7. The smallest absolute Gasteiger partial charge is 0.276 e. The molecule has 0 radical (unpaired) electrons. The van der Waals surface area contributed by atoms with Crippen molar-refractivity contribution in [3.8, 4) is 0 Å². The number of rotatable bonds is 1. The number of benzene rings is 1. The first-order valence-corrected chi connectivity index (χ1v) is 17.4. The summed E-state index contributed by atoms with van der Waals surface area (Å²) in [7, 11) is -3.19. The maximum Gasteiger partial charge on any atom is 0.276 e. The van der Waals surface area contributed by atoms with E-state index < -0.39 is 39.6 Å². The largest absolute Gasteiger partial charge is 0.378 e. The van der Waals surface area contributed by atoms with E-state index in [0.717, 1.165) is 32.0 Å². The highest BCUT2D eigenvalue weighted by atomic mass is 32.2. The summed E-state index contributed by atoms with van der Waals surface area (Å²) in [5.74, 6) is -3.97. The molecule has 6 heterocycles. The molecule has 4 aliphatic heterocycles. The molecule has 8 bridgehead atoms. The van der Waals surface area contributed by atoms with Gasteiger partial charge in [-0.25, -0.2) is 31.6 Å². The van der Waals surface area contributed by atoms with E-state index in [4.69, 9.17) is 4.74 Å². The third-order valence-corrected chi connectivity index (χ3v) is 11.0. The lowest BCUT2D eigenvalue weighted by Gasteiger charge is -2.32. The van der Waals surface area contributed by atoms with E-state index in [1.165, 1.54) is 23.0 Å². The van der Waals surface area contributed by atoms with Crippen molar-refractivity contribution in [1.29, 1.82) is 0 Å². The Morgan fingerprint density at radius 2 is 1.73 bits per heavy atom. The van der Waals surface area contributed by atoms with Gasteiger partial charge in [0.1, 0.15) is 29.3 Å². The van der Waals surface area contributed by atoms with E-state index in [2.05, 4.69) is 20.2 Å². The number of anilines is 2. The van der Waals surface area contributed by atoms with Crippen LogP contribution in [-0.2, 0) is 27.0 Å². The molecule has 2 aromatic heterocycles. The van der Waals surface area contributed by atoms with Gasteiger partial charge in [-0.2, -0.15) is 0 Å². The average molecular weight is 649 g/mol. The zero-order valence-electron chi connectivity index (χ0n) is 25.4. The minimum atomic E-state index is -3.32. The second kappa shape index (κ2) is 12.9. The molecule has 10 nitrogen and oxygen atoms in total. The first-order chi connectivity index (χ1) is 21.5. The van der Waals surface area contributed by atoms with Crippen molar-refractivity contribution in [3.05, 3.63) is 57.9 Å². The molecule has 1 aromatic carbocycles. The van der Waals surface area contributed by atoms with Gasteiger partial charge in [0.25, 0.3) is 11.5 Å². The Hall–Kier alpha value is -3.23. The second-order valence-corrected chi connectivity index (χ2v) is 14.6.